The highest BCUT2D eigenvalue weighted by molar-refractivity contribution is 7.90. The average molecular weight is 453 g/mol. The Hall–Kier alpha value is -3.20. The van der Waals surface area contributed by atoms with Crippen LogP contribution in [0, 0.1) is 6.92 Å². The van der Waals surface area contributed by atoms with E-state index in [0.717, 1.165) is 30.6 Å². The summed E-state index contributed by atoms with van der Waals surface area (Å²) in [4.78, 5) is 29.0. The maximum Gasteiger partial charge on any atom is 0.285 e. The number of sulfonamides is 1. The lowest BCUT2D eigenvalue weighted by molar-refractivity contribution is -0.119. The van der Waals surface area contributed by atoms with Crippen molar-refractivity contribution in [2.24, 2.45) is 4.40 Å². The van der Waals surface area contributed by atoms with E-state index in [4.69, 9.17) is 0 Å². The largest absolute Gasteiger partial charge is 0.343 e. The number of amides is 2. The van der Waals surface area contributed by atoms with E-state index in [9.17, 15) is 18.0 Å². The third-order valence-corrected chi connectivity index (χ3v) is 7.59. The van der Waals surface area contributed by atoms with Gasteiger partial charge in [-0.1, -0.05) is 12.1 Å². The van der Waals surface area contributed by atoms with E-state index >= 15 is 0 Å². The molecule has 2 amide bonds. The normalized spacial score (nSPS) is 21.6. The SMILES string of the molecule is Cc1cc(NC(=O)[C@@H]2CCCN2C2=NS(=O)(=O)c3ccccc32)ccc1N1CCCC1=O. The summed E-state index contributed by atoms with van der Waals surface area (Å²) in [6, 6.07) is 11.7. The number of fused-ring (bicyclic) bond motifs is 1. The molecule has 1 atom stereocenters. The summed E-state index contributed by atoms with van der Waals surface area (Å²) in [5.74, 6) is 0.271. The Bertz CT molecular complexity index is 1250. The molecule has 9 heteroatoms. The number of amidine groups is 1. The molecule has 0 spiro atoms. The molecule has 5 rings (SSSR count). The van der Waals surface area contributed by atoms with Gasteiger partial charge in [0.15, 0.2) is 5.84 Å². The molecule has 0 aliphatic carbocycles. The first-order chi connectivity index (χ1) is 15.3. The Kier molecular flexibility index (Phi) is 5.00. The van der Waals surface area contributed by atoms with Gasteiger partial charge in [-0.3, -0.25) is 9.59 Å². The van der Waals surface area contributed by atoms with Crippen molar-refractivity contribution in [3.63, 3.8) is 0 Å². The Morgan fingerprint density at radius 1 is 1.12 bits per heavy atom. The molecule has 166 valence electrons. The van der Waals surface area contributed by atoms with E-state index in [-0.39, 0.29) is 16.7 Å². The Labute approximate surface area is 187 Å². The van der Waals surface area contributed by atoms with Crippen LogP contribution in [-0.4, -0.2) is 50.1 Å². The number of nitrogens with one attached hydrogen (secondary N) is 1. The number of likely N-dealkylation sites (tertiary alicyclic amines) is 1. The van der Waals surface area contributed by atoms with E-state index in [0.29, 0.717) is 36.5 Å². The van der Waals surface area contributed by atoms with Crippen LogP contribution in [0.15, 0.2) is 51.8 Å². The molecule has 2 saturated heterocycles. The summed E-state index contributed by atoms with van der Waals surface area (Å²) >= 11 is 0. The van der Waals surface area contributed by atoms with Gasteiger partial charge in [-0.25, -0.2) is 0 Å². The second-order valence-electron chi connectivity index (χ2n) is 8.38. The van der Waals surface area contributed by atoms with Crippen molar-refractivity contribution in [3.05, 3.63) is 53.6 Å². The topological polar surface area (TPSA) is 99.2 Å². The highest BCUT2D eigenvalue weighted by Crippen LogP contribution is 2.32. The number of carbonyl (C=O) groups excluding carboxylic acids is 2. The number of benzene rings is 2. The summed E-state index contributed by atoms with van der Waals surface area (Å²) in [5.41, 5.74) is 2.98. The van der Waals surface area contributed by atoms with Gasteiger partial charge >= 0.3 is 0 Å². The van der Waals surface area contributed by atoms with E-state index < -0.39 is 16.1 Å². The Morgan fingerprint density at radius 3 is 2.69 bits per heavy atom. The third-order valence-electron chi connectivity index (χ3n) is 6.27. The van der Waals surface area contributed by atoms with Gasteiger partial charge in [-0.15, -0.1) is 4.40 Å². The second-order valence-corrected chi connectivity index (χ2v) is 9.95. The number of anilines is 2. The molecular weight excluding hydrogens is 428 g/mol. The van der Waals surface area contributed by atoms with E-state index in [1.807, 2.05) is 19.1 Å². The first-order valence-corrected chi connectivity index (χ1v) is 12.2. The monoisotopic (exact) mass is 452 g/mol. The first-order valence-electron chi connectivity index (χ1n) is 10.8. The average Bonchev–Trinajstić information content (AvgIpc) is 3.47. The molecule has 1 N–H and O–H groups in total. The van der Waals surface area contributed by atoms with Gasteiger partial charge < -0.3 is 15.1 Å². The lowest BCUT2D eigenvalue weighted by Gasteiger charge is -2.26. The molecule has 0 radical (unpaired) electrons. The zero-order valence-corrected chi connectivity index (χ0v) is 18.6. The minimum atomic E-state index is -3.74. The number of rotatable bonds is 3. The van der Waals surface area contributed by atoms with Gasteiger partial charge in [0, 0.05) is 36.4 Å². The third kappa shape index (κ3) is 3.46. The van der Waals surface area contributed by atoms with Crippen LogP contribution in [0.5, 0.6) is 0 Å². The van der Waals surface area contributed by atoms with Crippen LogP contribution < -0.4 is 10.2 Å². The molecule has 2 aromatic carbocycles. The minimum absolute atomic E-state index is 0.124. The number of hydrogen-bond donors (Lipinski definition) is 1. The van der Waals surface area contributed by atoms with Crippen LogP contribution in [0.3, 0.4) is 0 Å². The fourth-order valence-electron chi connectivity index (χ4n) is 4.75. The molecule has 32 heavy (non-hydrogen) atoms. The van der Waals surface area contributed by atoms with Gasteiger partial charge in [0.2, 0.25) is 11.8 Å². The maximum atomic E-state index is 13.1. The van der Waals surface area contributed by atoms with Gasteiger partial charge in [-0.05, 0) is 62.1 Å². The summed E-state index contributed by atoms with van der Waals surface area (Å²) in [5, 5.41) is 2.96. The summed E-state index contributed by atoms with van der Waals surface area (Å²) < 4.78 is 28.9. The quantitative estimate of drug-likeness (QED) is 0.772. The molecule has 3 heterocycles. The highest BCUT2D eigenvalue weighted by atomic mass is 32.2. The molecule has 2 aromatic rings. The van der Waals surface area contributed by atoms with E-state index in [1.54, 1.807) is 40.1 Å². The fourth-order valence-corrected chi connectivity index (χ4v) is 5.97. The van der Waals surface area contributed by atoms with Crippen LogP contribution in [0.2, 0.25) is 0 Å². The predicted octanol–water partition coefficient (Wildman–Crippen LogP) is 2.67. The Morgan fingerprint density at radius 2 is 1.94 bits per heavy atom. The zero-order valence-electron chi connectivity index (χ0n) is 17.7. The lowest BCUT2D eigenvalue weighted by atomic mass is 10.1. The van der Waals surface area contributed by atoms with Crippen LogP contribution in [0.25, 0.3) is 0 Å². The molecule has 0 saturated carbocycles. The van der Waals surface area contributed by atoms with Gasteiger partial charge in [0.05, 0.1) is 0 Å². The first kappa shape index (κ1) is 20.7. The number of carbonyl (C=O) groups is 2. The van der Waals surface area contributed by atoms with Crippen LogP contribution in [-0.2, 0) is 19.6 Å². The summed E-state index contributed by atoms with van der Waals surface area (Å²) in [7, 11) is -3.74. The van der Waals surface area contributed by atoms with Crippen molar-refractivity contribution in [3.8, 4) is 0 Å². The van der Waals surface area contributed by atoms with Crippen molar-refractivity contribution < 1.29 is 18.0 Å². The van der Waals surface area contributed by atoms with Gasteiger partial charge in [-0.2, -0.15) is 8.42 Å². The highest BCUT2D eigenvalue weighted by Gasteiger charge is 2.39. The molecule has 0 bridgehead atoms. The summed E-state index contributed by atoms with van der Waals surface area (Å²) in [6.07, 6.45) is 2.82. The standard InChI is InChI=1S/C23H24N4O4S/c1-15-14-16(10-11-18(15)26-12-5-9-21(26)28)24-23(29)19-7-4-13-27(19)22-17-6-2-3-8-20(17)32(30,31)25-22/h2-3,6,8,10-11,14,19H,4-5,7,9,12-13H2,1H3,(H,24,29)/t19-/m0/s1. The predicted molar refractivity (Wildman–Crippen MR) is 121 cm³/mol. The van der Waals surface area contributed by atoms with E-state index in [1.165, 1.54) is 0 Å². The molecule has 3 aliphatic rings. The molecule has 0 aromatic heterocycles. The van der Waals surface area contributed by atoms with Crippen molar-refractivity contribution in [1.29, 1.82) is 0 Å². The van der Waals surface area contributed by atoms with Crippen LogP contribution in [0.4, 0.5) is 11.4 Å². The molecule has 0 unspecified atom stereocenters. The molecule has 3 aliphatic heterocycles. The molecule has 2 fully saturated rings. The molecular formula is C23H24N4O4S. The minimum Gasteiger partial charge on any atom is -0.343 e. The number of hydrogen-bond acceptors (Lipinski definition) is 5. The smallest absolute Gasteiger partial charge is 0.285 e. The van der Waals surface area contributed by atoms with Gasteiger partial charge in [0.25, 0.3) is 10.0 Å². The maximum absolute atomic E-state index is 13.1. The number of aryl methyl sites for hydroxylation is 1. The second kappa shape index (κ2) is 7.74. The van der Waals surface area contributed by atoms with Crippen molar-refractivity contribution in [2.45, 2.75) is 43.5 Å². The fraction of sp³-hybridized carbons (Fsp3) is 0.348. The van der Waals surface area contributed by atoms with Crippen molar-refractivity contribution in [1.82, 2.24) is 4.90 Å². The zero-order chi connectivity index (χ0) is 22.5. The Balaban J connectivity index is 1.36. The molecule has 8 nitrogen and oxygen atoms in total. The number of nitrogens with zero attached hydrogens (tertiary/aromatic N) is 3. The lowest BCUT2D eigenvalue weighted by Crippen LogP contribution is -2.43. The van der Waals surface area contributed by atoms with E-state index in [2.05, 4.69) is 9.71 Å². The van der Waals surface area contributed by atoms with Crippen molar-refractivity contribution >= 4 is 39.0 Å². The summed E-state index contributed by atoms with van der Waals surface area (Å²) in [6.45, 7) is 3.21. The van der Waals surface area contributed by atoms with Gasteiger partial charge in [0.1, 0.15) is 10.9 Å². The van der Waals surface area contributed by atoms with Crippen LogP contribution >= 0.6 is 0 Å². The van der Waals surface area contributed by atoms with Crippen LogP contribution in [0.1, 0.15) is 36.8 Å². The van der Waals surface area contributed by atoms with Crippen molar-refractivity contribution in [2.75, 3.05) is 23.3 Å².